The molecular weight excluding hydrogens is 346 g/mol. The Morgan fingerprint density at radius 3 is 2.54 bits per heavy atom. The zero-order chi connectivity index (χ0) is 18.9. The molecule has 0 spiro atoms. The Kier molecular flexibility index (Phi) is 4.57. The summed E-state index contributed by atoms with van der Waals surface area (Å²) in [7, 11) is 0. The van der Waals surface area contributed by atoms with Gasteiger partial charge in [0.2, 0.25) is 0 Å². The minimum atomic E-state index is 0.148. The van der Waals surface area contributed by atoms with Gasteiger partial charge in [-0.3, -0.25) is 4.79 Å². The molecule has 28 heavy (non-hydrogen) atoms. The van der Waals surface area contributed by atoms with Crippen LogP contribution in [0.15, 0.2) is 67.0 Å². The number of hydrogen-bond acceptors (Lipinski definition) is 3. The number of nitrogens with zero attached hydrogens (tertiary/aromatic N) is 2. The average molecular weight is 371 g/mol. The van der Waals surface area contributed by atoms with Crippen molar-refractivity contribution >= 4 is 5.78 Å². The Hall–Kier alpha value is -2.72. The standard InChI is InChI=1S/C24H25N3O/c28-24(20-8-10-21(11-9-20)27-13-1-12-26-27)14-17-4-6-19(7-5-17)22-15-23(22)25-16-18-2-3-18/h1,4-13,18,22-23,25H,2-3,14-16H2. The van der Waals surface area contributed by atoms with Gasteiger partial charge >= 0.3 is 0 Å². The molecule has 2 aliphatic rings. The largest absolute Gasteiger partial charge is 0.313 e. The van der Waals surface area contributed by atoms with Crippen molar-refractivity contribution in [3.8, 4) is 5.69 Å². The number of hydrogen-bond donors (Lipinski definition) is 1. The summed E-state index contributed by atoms with van der Waals surface area (Å²) in [5, 5.41) is 7.90. The number of carbonyl (C=O) groups is 1. The summed E-state index contributed by atoms with van der Waals surface area (Å²) >= 11 is 0. The van der Waals surface area contributed by atoms with Gasteiger partial charge in [0.05, 0.1) is 5.69 Å². The molecule has 1 N–H and O–H groups in total. The van der Waals surface area contributed by atoms with Crippen LogP contribution in [0.1, 0.15) is 46.7 Å². The molecule has 4 nitrogen and oxygen atoms in total. The Balaban J connectivity index is 1.17. The highest BCUT2D eigenvalue weighted by Gasteiger charge is 2.38. The van der Waals surface area contributed by atoms with Crippen molar-refractivity contribution in [2.75, 3.05) is 6.54 Å². The molecule has 3 aromatic rings. The summed E-state index contributed by atoms with van der Waals surface area (Å²) in [6.45, 7) is 1.19. The molecule has 1 aromatic heterocycles. The molecular formula is C24H25N3O. The second kappa shape index (κ2) is 7.36. The first-order valence-electron chi connectivity index (χ1n) is 10.2. The van der Waals surface area contributed by atoms with E-state index >= 15 is 0 Å². The molecule has 2 fully saturated rings. The second-order valence-corrected chi connectivity index (χ2v) is 8.14. The van der Waals surface area contributed by atoms with Crippen molar-refractivity contribution in [3.05, 3.63) is 83.7 Å². The molecule has 5 rings (SSSR count). The minimum absolute atomic E-state index is 0.148. The normalized spacial score (nSPS) is 20.9. The first-order chi connectivity index (χ1) is 13.8. The quantitative estimate of drug-likeness (QED) is 0.605. The lowest BCUT2D eigenvalue weighted by atomic mass is 10.0. The molecule has 1 heterocycles. The molecule has 2 aromatic carbocycles. The molecule has 0 bridgehead atoms. The first-order valence-corrected chi connectivity index (χ1v) is 10.2. The Bertz CT molecular complexity index is 941. The zero-order valence-corrected chi connectivity index (χ0v) is 15.9. The van der Waals surface area contributed by atoms with Gasteiger partial charge in [0.15, 0.2) is 5.78 Å². The van der Waals surface area contributed by atoms with Crippen molar-refractivity contribution in [2.24, 2.45) is 5.92 Å². The van der Waals surface area contributed by atoms with Gasteiger partial charge in [-0.15, -0.1) is 0 Å². The Labute approximate surface area is 165 Å². The van der Waals surface area contributed by atoms with Crippen LogP contribution in [-0.4, -0.2) is 28.2 Å². The van der Waals surface area contributed by atoms with Crippen LogP contribution in [0.5, 0.6) is 0 Å². The minimum Gasteiger partial charge on any atom is -0.313 e. The molecule has 2 atom stereocenters. The van der Waals surface area contributed by atoms with Gasteiger partial charge in [-0.25, -0.2) is 4.68 Å². The highest BCUT2D eigenvalue weighted by molar-refractivity contribution is 5.97. The lowest BCUT2D eigenvalue weighted by Crippen LogP contribution is -2.20. The lowest BCUT2D eigenvalue weighted by molar-refractivity contribution is 0.0993. The summed E-state index contributed by atoms with van der Waals surface area (Å²) in [4.78, 5) is 12.6. The Morgan fingerprint density at radius 2 is 1.86 bits per heavy atom. The van der Waals surface area contributed by atoms with Crippen LogP contribution in [0.2, 0.25) is 0 Å². The third-order valence-corrected chi connectivity index (χ3v) is 5.89. The molecule has 2 unspecified atom stereocenters. The van der Waals surface area contributed by atoms with Crippen molar-refractivity contribution < 1.29 is 4.79 Å². The predicted octanol–water partition coefficient (Wildman–Crippen LogP) is 4.15. The summed E-state index contributed by atoms with van der Waals surface area (Å²) in [6, 6.07) is 18.8. The molecule has 2 saturated carbocycles. The van der Waals surface area contributed by atoms with Crippen molar-refractivity contribution in [1.82, 2.24) is 15.1 Å². The molecule has 2 aliphatic carbocycles. The van der Waals surface area contributed by atoms with Crippen LogP contribution in [0.25, 0.3) is 5.69 Å². The lowest BCUT2D eigenvalue weighted by Gasteiger charge is -2.06. The summed E-state index contributed by atoms with van der Waals surface area (Å²) in [5.74, 6) is 1.73. The van der Waals surface area contributed by atoms with E-state index in [-0.39, 0.29) is 5.78 Å². The molecule has 0 radical (unpaired) electrons. The summed E-state index contributed by atoms with van der Waals surface area (Å²) < 4.78 is 1.79. The SMILES string of the molecule is O=C(Cc1ccc(C2CC2NCC2CC2)cc1)c1ccc(-n2cccn2)cc1. The number of nitrogens with one attached hydrogen (secondary N) is 1. The highest BCUT2D eigenvalue weighted by Crippen LogP contribution is 2.41. The molecule has 0 amide bonds. The van der Waals surface area contributed by atoms with Crippen LogP contribution >= 0.6 is 0 Å². The van der Waals surface area contributed by atoms with Crippen molar-refractivity contribution in [1.29, 1.82) is 0 Å². The van der Waals surface area contributed by atoms with Crippen LogP contribution in [0.4, 0.5) is 0 Å². The molecule has 4 heteroatoms. The number of Topliss-reactive ketones (excluding diaryl/α,β-unsaturated/α-hetero) is 1. The number of rotatable bonds is 8. The topological polar surface area (TPSA) is 46.9 Å². The second-order valence-electron chi connectivity index (χ2n) is 8.14. The number of ketones is 1. The summed E-state index contributed by atoms with van der Waals surface area (Å²) in [5.41, 5.74) is 4.17. The fourth-order valence-corrected chi connectivity index (χ4v) is 3.82. The maximum Gasteiger partial charge on any atom is 0.167 e. The van der Waals surface area contributed by atoms with Gasteiger partial charge in [-0.05, 0) is 73.2 Å². The van der Waals surface area contributed by atoms with Crippen LogP contribution in [0, 0.1) is 5.92 Å². The summed E-state index contributed by atoms with van der Waals surface area (Å²) in [6.07, 6.45) is 8.13. The monoisotopic (exact) mass is 371 g/mol. The van der Waals surface area contributed by atoms with Gasteiger partial charge in [-0.2, -0.15) is 5.10 Å². The fraction of sp³-hybridized carbons (Fsp3) is 0.333. The fourth-order valence-electron chi connectivity index (χ4n) is 3.82. The predicted molar refractivity (Wildman–Crippen MR) is 110 cm³/mol. The van der Waals surface area contributed by atoms with E-state index in [0.717, 1.165) is 22.7 Å². The van der Waals surface area contributed by atoms with E-state index in [1.807, 2.05) is 36.5 Å². The van der Waals surface area contributed by atoms with Gasteiger partial charge in [0.1, 0.15) is 0 Å². The van der Waals surface area contributed by atoms with E-state index in [1.165, 1.54) is 31.4 Å². The van der Waals surface area contributed by atoms with E-state index < -0.39 is 0 Å². The van der Waals surface area contributed by atoms with Crippen molar-refractivity contribution in [3.63, 3.8) is 0 Å². The number of aromatic nitrogens is 2. The Morgan fingerprint density at radius 1 is 1.07 bits per heavy atom. The van der Waals surface area contributed by atoms with Crippen molar-refractivity contribution in [2.45, 2.75) is 37.6 Å². The van der Waals surface area contributed by atoms with Crippen LogP contribution in [0.3, 0.4) is 0 Å². The third kappa shape index (κ3) is 3.92. The van der Waals surface area contributed by atoms with E-state index in [9.17, 15) is 4.79 Å². The van der Waals surface area contributed by atoms with Gasteiger partial charge in [0, 0.05) is 36.3 Å². The molecule has 0 saturated heterocycles. The molecule has 0 aliphatic heterocycles. The first kappa shape index (κ1) is 17.4. The van der Waals surface area contributed by atoms with E-state index in [1.54, 1.807) is 10.9 Å². The van der Waals surface area contributed by atoms with E-state index in [4.69, 9.17) is 0 Å². The van der Waals surface area contributed by atoms with E-state index in [0.29, 0.717) is 18.4 Å². The van der Waals surface area contributed by atoms with Crippen LogP contribution in [-0.2, 0) is 6.42 Å². The smallest absolute Gasteiger partial charge is 0.167 e. The highest BCUT2D eigenvalue weighted by atomic mass is 16.1. The van der Waals surface area contributed by atoms with Gasteiger partial charge in [-0.1, -0.05) is 24.3 Å². The van der Waals surface area contributed by atoms with Crippen LogP contribution < -0.4 is 5.32 Å². The average Bonchev–Trinajstić information content (AvgIpc) is 3.64. The van der Waals surface area contributed by atoms with Gasteiger partial charge < -0.3 is 5.32 Å². The third-order valence-electron chi connectivity index (χ3n) is 5.89. The number of carbonyl (C=O) groups excluding carboxylic acids is 1. The number of benzene rings is 2. The zero-order valence-electron chi connectivity index (χ0n) is 15.9. The molecule has 142 valence electrons. The van der Waals surface area contributed by atoms with Gasteiger partial charge in [0.25, 0.3) is 0 Å². The maximum atomic E-state index is 12.6. The maximum absolute atomic E-state index is 12.6. The van der Waals surface area contributed by atoms with E-state index in [2.05, 4.69) is 34.7 Å².